The average Bonchev–Trinajstić information content (AvgIpc) is 3.31. The number of hydrogen-bond donors (Lipinski definition) is 0. The van der Waals surface area contributed by atoms with Gasteiger partial charge in [0.05, 0.1) is 35.1 Å². The number of benzene rings is 2. The first-order valence-corrected chi connectivity index (χ1v) is 11.6. The molecule has 0 saturated carbocycles. The van der Waals surface area contributed by atoms with Gasteiger partial charge in [-0.3, -0.25) is 4.79 Å². The van der Waals surface area contributed by atoms with Crippen molar-refractivity contribution in [3.8, 4) is 22.7 Å². The van der Waals surface area contributed by atoms with Crippen LogP contribution in [0.5, 0.6) is 5.75 Å². The lowest BCUT2D eigenvalue weighted by molar-refractivity contribution is 0.0563. The molecule has 0 atom stereocenters. The van der Waals surface area contributed by atoms with Gasteiger partial charge >= 0.3 is 6.09 Å². The molecule has 2 heterocycles. The first-order chi connectivity index (χ1) is 16.4. The minimum absolute atomic E-state index is 0.193. The first-order valence-electron chi connectivity index (χ1n) is 10.8. The quantitative estimate of drug-likeness (QED) is 0.502. The van der Waals surface area contributed by atoms with Crippen molar-refractivity contribution in [2.45, 2.75) is 6.92 Å². The second-order valence-corrected chi connectivity index (χ2v) is 8.45. The summed E-state index contributed by atoms with van der Waals surface area (Å²) >= 11 is 12.3. The molecule has 10 heteroatoms. The molecule has 34 heavy (non-hydrogen) atoms. The summed E-state index contributed by atoms with van der Waals surface area (Å²) in [5.74, 6) is 0.533. The van der Waals surface area contributed by atoms with Crippen molar-refractivity contribution in [1.82, 2.24) is 19.6 Å². The summed E-state index contributed by atoms with van der Waals surface area (Å²) in [7, 11) is 1.60. The van der Waals surface area contributed by atoms with Gasteiger partial charge in [0.15, 0.2) is 0 Å². The number of rotatable bonds is 5. The van der Waals surface area contributed by atoms with Gasteiger partial charge in [-0.05, 0) is 55.5 Å². The molecule has 178 valence electrons. The summed E-state index contributed by atoms with van der Waals surface area (Å²) < 4.78 is 11.9. The maximum Gasteiger partial charge on any atom is 0.409 e. The molecule has 8 nitrogen and oxygen atoms in total. The minimum atomic E-state index is -0.364. The van der Waals surface area contributed by atoms with Crippen LogP contribution < -0.4 is 4.74 Å². The van der Waals surface area contributed by atoms with E-state index >= 15 is 0 Å². The Labute approximate surface area is 207 Å². The van der Waals surface area contributed by atoms with Crippen LogP contribution >= 0.6 is 23.2 Å². The molecule has 4 rings (SSSR count). The molecular weight excluding hydrogens is 479 g/mol. The number of carbonyl (C=O) groups excluding carboxylic acids is 2. The second-order valence-electron chi connectivity index (χ2n) is 7.63. The molecule has 0 aliphatic carbocycles. The largest absolute Gasteiger partial charge is 0.497 e. The number of carbonyl (C=O) groups is 2. The third kappa shape index (κ3) is 4.98. The van der Waals surface area contributed by atoms with Crippen LogP contribution in [-0.4, -0.2) is 71.5 Å². The van der Waals surface area contributed by atoms with Crippen molar-refractivity contribution in [2.24, 2.45) is 0 Å². The number of amides is 2. The number of halogens is 2. The minimum Gasteiger partial charge on any atom is -0.497 e. The lowest BCUT2D eigenvalue weighted by Gasteiger charge is -2.34. The highest BCUT2D eigenvalue weighted by atomic mass is 35.5. The van der Waals surface area contributed by atoms with E-state index in [1.807, 2.05) is 24.3 Å². The zero-order valence-corrected chi connectivity index (χ0v) is 20.3. The fraction of sp³-hybridized carbons (Fsp3) is 0.292. The summed E-state index contributed by atoms with van der Waals surface area (Å²) in [6, 6.07) is 14.3. The summed E-state index contributed by atoms with van der Waals surface area (Å²) in [6.07, 6.45) is -0.364. The van der Waals surface area contributed by atoms with Gasteiger partial charge in [0.25, 0.3) is 5.91 Å². The van der Waals surface area contributed by atoms with E-state index in [-0.39, 0.29) is 12.0 Å². The molecule has 1 aromatic heterocycles. The summed E-state index contributed by atoms with van der Waals surface area (Å²) in [6.45, 7) is 3.66. The Kier molecular flexibility index (Phi) is 7.29. The van der Waals surface area contributed by atoms with Crippen LogP contribution in [0.1, 0.15) is 17.4 Å². The molecule has 0 spiro atoms. The SMILES string of the molecule is CCOC(=O)N1CCN(C(=O)c2cc(-c3ccc(OC)cc3)nn2-c2ccc(Cl)c(Cl)c2)CC1. The van der Waals surface area contributed by atoms with Gasteiger partial charge in [-0.15, -0.1) is 0 Å². The Morgan fingerprint density at radius 3 is 2.24 bits per heavy atom. The van der Waals surface area contributed by atoms with Crippen molar-refractivity contribution in [2.75, 3.05) is 39.9 Å². The van der Waals surface area contributed by atoms with Crippen LogP contribution in [0.2, 0.25) is 10.0 Å². The number of methoxy groups -OCH3 is 1. The maximum absolute atomic E-state index is 13.5. The van der Waals surface area contributed by atoms with Crippen LogP contribution in [0.3, 0.4) is 0 Å². The Morgan fingerprint density at radius 2 is 1.62 bits per heavy atom. The molecule has 1 aliphatic heterocycles. The molecular formula is C24H24Cl2N4O4. The molecule has 0 bridgehead atoms. The third-order valence-corrected chi connectivity index (χ3v) is 6.29. The van der Waals surface area contributed by atoms with Crippen LogP contribution in [0.15, 0.2) is 48.5 Å². The van der Waals surface area contributed by atoms with Crippen molar-refractivity contribution in [1.29, 1.82) is 0 Å². The molecule has 3 aromatic rings. The number of aromatic nitrogens is 2. The third-order valence-electron chi connectivity index (χ3n) is 5.55. The number of hydrogen-bond acceptors (Lipinski definition) is 5. The topological polar surface area (TPSA) is 76.9 Å². The Bertz CT molecular complexity index is 1190. The maximum atomic E-state index is 13.5. The highest BCUT2D eigenvalue weighted by Crippen LogP contribution is 2.28. The monoisotopic (exact) mass is 502 g/mol. The highest BCUT2D eigenvalue weighted by molar-refractivity contribution is 6.42. The lowest BCUT2D eigenvalue weighted by atomic mass is 10.1. The van der Waals surface area contributed by atoms with Crippen LogP contribution in [0.25, 0.3) is 16.9 Å². The van der Waals surface area contributed by atoms with Gasteiger partial charge in [-0.2, -0.15) is 5.10 Å². The van der Waals surface area contributed by atoms with E-state index in [1.54, 1.807) is 52.8 Å². The Hall–Kier alpha value is -3.23. The van der Waals surface area contributed by atoms with Gasteiger partial charge in [-0.25, -0.2) is 9.48 Å². The zero-order chi connectivity index (χ0) is 24.2. The molecule has 1 saturated heterocycles. The number of piperazine rings is 1. The standard InChI is InChI=1S/C24H24Cl2N4O4/c1-3-34-24(32)29-12-10-28(11-13-29)23(31)22-15-21(16-4-7-18(33-2)8-5-16)27-30(22)17-6-9-19(25)20(26)14-17/h4-9,14-15H,3,10-13H2,1-2H3. The van der Waals surface area contributed by atoms with Crippen molar-refractivity contribution in [3.63, 3.8) is 0 Å². The van der Waals surface area contributed by atoms with Crippen LogP contribution in [-0.2, 0) is 4.74 Å². The molecule has 2 amide bonds. The van der Waals surface area contributed by atoms with Gasteiger partial charge in [0.2, 0.25) is 0 Å². The normalized spacial score (nSPS) is 13.6. The smallest absolute Gasteiger partial charge is 0.409 e. The predicted molar refractivity (Wildman–Crippen MR) is 130 cm³/mol. The number of nitrogens with zero attached hydrogens (tertiary/aromatic N) is 4. The first kappa shape index (κ1) is 23.9. The second kappa shape index (κ2) is 10.4. The molecule has 2 aromatic carbocycles. The Morgan fingerprint density at radius 1 is 0.941 bits per heavy atom. The van der Waals surface area contributed by atoms with E-state index < -0.39 is 0 Å². The van der Waals surface area contributed by atoms with Crippen LogP contribution in [0, 0.1) is 0 Å². The van der Waals surface area contributed by atoms with Crippen molar-refractivity contribution in [3.05, 3.63) is 64.3 Å². The average molecular weight is 503 g/mol. The van der Waals surface area contributed by atoms with Gasteiger partial charge in [0, 0.05) is 31.7 Å². The highest BCUT2D eigenvalue weighted by Gasteiger charge is 2.28. The molecule has 1 aliphatic rings. The molecule has 0 unspecified atom stereocenters. The van der Waals surface area contributed by atoms with Gasteiger partial charge in [0.1, 0.15) is 11.4 Å². The summed E-state index contributed by atoms with van der Waals surface area (Å²) in [4.78, 5) is 28.9. The molecule has 0 radical (unpaired) electrons. The lowest BCUT2D eigenvalue weighted by Crippen LogP contribution is -2.51. The fourth-order valence-electron chi connectivity index (χ4n) is 3.72. The van der Waals surface area contributed by atoms with Crippen molar-refractivity contribution < 1.29 is 19.1 Å². The van der Waals surface area contributed by atoms with E-state index in [0.29, 0.717) is 59.9 Å². The van der Waals surface area contributed by atoms with E-state index in [1.165, 1.54) is 0 Å². The molecule has 1 fully saturated rings. The molecule has 0 N–H and O–H groups in total. The van der Waals surface area contributed by atoms with Gasteiger partial charge in [-0.1, -0.05) is 23.2 Å². The fourth-order valence-corrected chi connectivity index (χ4v) is 4.01. The van der Waals surface area contributed by atoms with Gasteiger partial charge < -0.3 is 19.3 Å². The van der Waals surface area contributed by atoms with E-state index in [2.05, 4.69) is 0 Å². The Balaban J connectivity index is 1.66. The predicted octanol–water partition coefficient (Wildman–Crippen LogP) is 4.77. The van der Waals surface area contributed by atoms with E-state index in [0.717, 1.165) is 11.3 Å². The van der Waals surface area contributed by atoms with Crippen molar-refractivity contribution >= 4 is 35.2 Å². The summed E-state index contributed by atoms with van der Waals surface area (Å²) in [5.41, 5.74) is 2.46. The number of ether oxygens (including phenoxy) is 2. The van der Waals surface area contributed by atoms with Crippen LogP contribution in [0.4, 0.5) is 4.79 Å². The van der Waals surface area contributed by atoms with E-state index in [4.69, 9.17) is 37.8 Å². The van der Waals surface area contributed by atoms with E-state index in [9.17, 15) is 9.59 Å². The summed E-state index contributed by atoms with van der Waals surface area (Å²) in [5, 5.41) is 5.48. The zero-order valence-electron chi connectivity index (χ0n) is 18.8.